The first-order chi connectivity index (χ1) is 14.0. The van der Waals surface area contributed by atoms with Crippen molar-refractivity contribution in [3.63, 3.8) is 0 Å². The Hall–Kier alpha value is -3.92. The minimum Gasteiger partial charge on any atom is -0.508 e. The third kappa shape index (κ3) is 3.73. The molecule has 0 saturated heterocycles. The SMILES string of the molecule is Oc1ccc(C(c2ccc(-c3ccccc3)cc2)c2ccc(O)cc2O)c(O)c1. The normalized spacial score (nSPS) is 10.9. The Morgan fingerprint density at radius 1 is 0.483 bits per heavy atom. The Labute approximate surface area is 168 Å². The molecule has 0 saturated carbocycles. The van der Waals surface area contributed by atoms with Gasteiger partial charge in [-0.25, -0.2) is 0 Å². The fourth-order valence-electron chi connectivity index (χ4n) is 3.58. The van der Waals surface area contributed by atoms with Crippen molar-refractivity contribution in [2.24, 2.45) is 0 Å². The molecule has 4 aromatic carbocycles. The lowest BCUT2D eigenvalue weighted by Crippen LogP contribution is -2.04. The molecule has 0 bridgehead atoms. The average molecular weight is 384 g/mol. The van der Waals surface area contributed by atoms with Gasteiger partial charge in [-0.15, -0.1) is 0 Å². The molecule has 0 aromatic heterocycles. The number of hydrogen-bond donors (Lipinski definition) is 4. The van der Waals surface area contributed by atoms with Crippen molar-refractivity contribution in [2.45, 2.75) is 5.92 Å². The van der Waals surface area contributed by atoms with Gasteiger partial charge in [0.1, 0.15) is 23.0 Å². The maximum atomic E-state index is 10.5. The van der Waals surface area contributed by atoms with Gasteiger partial charge in [0.2, 0.25) is 0 Å². The van der Waals surface area contributed by atoms with E-state index in [1.807, 2.05) is 54.6 Å². The van der Waals surface area contributed by atoms with Crippen LogP contribution in [0.15, 0.2) is 91.0 Å². The fraction of sp³-hybridized carbons (Fsp3) is 0.0400. The monoisotopic (exact) mass is 384 g/mol. The van der Waals surface area contributed by atoms with Crippen LogP contribution in [-0.2, 0) is 0 Å². The molecule has 144 valence electrons. The van der Waals surface area contributed by atoms with Gasteiger partial charge in [0.25, 0.3) is 0 Å². The Kier molecular flexibility index (Phi) is 4.83. The van der Waals surface area contributed by atoms with Crippen LogP contribution in [-0.4, -0.2) is 20.4 Å². The Morgan fingerprint density at radius 3 is 1.45 bits per heavy atom. The number of aromatic hydroxyl groups is 4. The summed E-state index contributed by atoms with van der Waals surface area (Å²) in [6.45, 7) is 0. The summed E-state index contributed by atoms with van der Waals surface area (Å²) >= 11 is 0. The second-order valence-corrected chi connectivity index (χ2v) is 6.91. The van der Waals surface area contributed by atoms with E-state index >= 15 is 0 Å². The topological polar surface area (TPSA) is 80.9 Å². The van der Waals surface area contributed by atoms with Gasteiger partial charge in [0, 0.05) is 29.2 Å². The molecule has 0 aliphatic carbocycles. The zero-order valence-corrected chi connectivity index (χ0v) is 15.5. The average Bonchev–Trinajstić information content (AvgIpc) is 2.72. The standard InChI is InChI=1S/C25H20O4/c26-19-10-12-21(23(28)14-19)25(22-13-11-20(27)15-24(22)29)18-8-6-17(7-9-18)16-4-2-1-3-5-16/h1-15,25-29H. The fourth-order valence-corrected chi connectivity index (χ4v) is 3.58. The largest absolute Gasteiger partial charge is 0.508 e. The van der Waals surface area contributed by atoms with Gasteiger partial charge in [0.15, 0.2) is 0 Å². The molecule has 4 nitrogen and oxygen atoms in total. The van der Waals surface area contributed by atoms with Crippen molar-refractivity contribution in [3.8, 4) is 34.1 Å². The minimum atomic E-state index is -0.485. The van der Waals surface area contributed by atoms with Gasteiger partial charge < -0.3 is 20.4 Å². The first-order valence-electron chi connectivity index (χ1n) is 9.22. The van der Waals surface area contributed by atoms with Gasteiger partial charge in [-0.2, -0.15) is 0 Å². The van der Waals surface area contributed by atoms with Crippen LogP contribution < -0.4 is 0 Å². The zero-order valence-electron chi connectivity index (χ0n) is 15.5. The molecular formula is C25H20O4. The Morgan fingerprint density at radius 2 is 0.966 bits per heavy atom. The van der Waals surface area contributed by atoms with E-state index in [9.17, 15) is 20.4 Å². The summed E-state index contributed by atoms with van der Waals surface area (Å²) < 4.78 is 0. The molecule has 0 fully saturated rings. The van der Waals surface area contributed by atoms with Gasteiger partial charge in [-0.1, -0.05) is 66.7 Å². The summed E-state index contributed by atoms with van der Waals surface area (Å²) in [6.07, 6.45) is 0. The molecule has 29 heavy (non-hydrogen) atoms. The number of phenols is 4. The predicted octanol–water partition coefficient (Wildman–Crippen LogP) is 5.36. The van der Waals surface area contributed by atoms with Gasteiger partial charge in [-0.05, 0) is 28.8 Å². The molecule has 0 unspecified atom stereocenters. The highest BCUT2D eigenvalue weighted by Gasteiger charge is 2.23. The van der Waals surface area contributed by atoms with Crippen LogP contribution in [0.2, 0.25) is 0 Å². The lowest BCUT2D eigenvalue weighted by molar-refractivity contribution is 0.440. The molecule has 0 aliphatic heterocycles. The highest BCUT2D eigenvalue weighted by atomic mass is 16.3. The van der Waals surface area contributed by atoms with Crippen LogP contribution in [0.4, 0.5) is 0 Å². The number of benzene rings is 4. The molecule has 4 rings (SSSR count). The van der Waals surface area contributed by atoms with Crippen LogP contribution in [0, 0.1) is 0 Å². The highest BCUT2D eigenvalue weighted by molar-refractivity contribution is 5.64. The van der Waals surface area contributed by atoms with E-state index in [1.165, 1.54) is 24.3 Å². The quantitative estimate of drug-likeness (QED) is 0.357. The third-order valence-electron chi connectivity index (χ3n) is 5.00. The molecule has 0 atom stereocenters. The van der Waals surface area contributed by atoms with E-state index in [-0.39, 0.29) is 23.0 Å². The van der Waals surface area contributed by atoms with Crippen LogP contribution in [0.1, 0.15) is 22.6 Å². The van der Waals surface area contributed by atoms with Crippen molar-refractivity contribution in [3.05, 3.63) is 108 Å². The van der Waals surface area contributed by atoms with Gasteiger partial charge in [-0.3, -0.25) is 0 Å². The lowest BCUT2D eigenvalue weighted by Gasteiger charge is -2.21. The summed E-state index contributed by atoms with van der Waals surface area (Å²) in [4.78, 5) is 0. The van der Waals surface area contributed by atoms with E-state index in [1.54, 1.807) is 12.1 Å². The van der Waals surface area contributed by atoms with E-state index < -0.39 is 5.92 Å². The minimum absolute atomic E-state index is 0.0423. The van der Waals surface area contributed by atoms with Crippen molar-refractivity contribution < 1.29 is 20.4 Å². The van der Waals surface area contributed by atoms with Crippen LogP contribution in [0.25, 0.3) is 11.1 Å². The summed E-state index contributed by atoms with van der Waals surface area (Å²) in [5, 5.41) is 40.3. The second-order valence-electron chi connectivity index (χ2n) is 6.91. The molecular weight excluding hydrogens is 364 g/mol. The molecule has 0 radical (unpaired) electrons. The molecule has 0 heterocycles. The summed E-state index contributed by atoms with van der Waals surface area (Å²) in [7, 11) is 0. The van der Waals surface area contributed by atoms with Crippen molar-refractivity contribution >= 4 is 0 Å². The van der Waals surface area contributed by atoms with E-state index in [4.69, 9.17) is 0 Å². The predicted molar refractivity (Wildman–Crippen MR) is 112 cm³/mol. The van der Waals surface area contributed by atoms with Gasteiger partial charge in [0.05, 0.1) is 0 Å². The molecule has 0 aliphatic rings. The number of hydrogen-bond acceptors (Lipinski definition) is 4. The van der Waals surface area contributed by atoms with Gasteiger partial charge >= 0.3 is 0 Å². The van der Waals surface area contributed by atoms with E-state index in [0.717, 1.165) is 16.7 Å². The first-order valence-corrected chi connectivity index (χ1v) is 9.22. The maximum absolute atomic E-state index is 10.5. The lowest BCUT2D eigenvalue weighted by atomic mass is 9.83. The number of phenolic OH excluding ortho intramolecular Hbond substituents is 4. The molecule has 0 spiro atoms. The van der Waals surface area contributed by atoms with Crippen LogP contribution in [0.5, 0.6) is 23.0 Å². The Bertz CT molecular complexity index is 1080. The summed E-state index contributed by atoms with van der Waals surface area (Å²) in [5.74, 6) is -0.719. The molecule has 4 heteroatoms. The number of rotatable bonds is 4. The van der Waals surface area contributed by atoms with Crippen LogP contribution in [0.3, 0.4) is 0 Å². The maximum Gasteiger partial charge on any atom is 0.123 e. The van der Waals surface area contributed by atoms with Crippen molar-refractivity contribution in [1.29, 1.82) is 0 Å². The highest BCUT2D eigenvalue weighted by Crippen LogP contribution is 2.42. The molecule has 4 N–H and O–H groups in total. The zero-order chi connectivity index (χ0) is 20.4. The summed E-state index contributed by atoms with van der Waals surface area (Å²) in [6, 6.07) is 26.7. The van der Waals surface area contributed by atoms with Crippen molar-refractivity contribution in [2.75, 3.05) is 0 Å². The van der Waals surface area contributed by atoms with Crippen molar-refractivity contribution in [1.82, 2.24) is 0 Å². The summed E-state index contributed by atoms with van der Waals surface area (Å²) in [5.41, 5.74) is 4.08. The third-order valence-corrected chi connectivity index (χ3v) is 5.00. The Balaban J connectivity index is 1.84. The molecule has 0 amide bonds. The smallest absolute Gasteiger partial charge is 0.123 e. The van der Waals surface area contributed by atoms with E-state index in [2.05, 4.69) is 0 Å². The second kappa shape index (κ2) is 7.60. The first kappa shape index (κ1) is 18.4. The van der Waals surface area contributed by atoms with E-state index in [0.29, 0.717) is 11.1 Å². The molecule has 4 aromatic rings. The van der Waals surface area contributed by atoms with Crippen LogP contribution >= 0.6 is 0 Å².